The average Bonchev–Trinajstić information content (AvgIpc) is 2.16. The number of rotatable bonds is 3. The molecule has 0 aliphatic carbocycles. The summed E-state index contributed by atoms with van der Waals surface area (Å²) in [5.41, 5.74) is 5.66. The fraction of sp³-hybridized carbons (Fsp3) is 0.250. The largest absolute Gasteiger partial charge is 0.494 e. The molecule has 3 N–H and O–H groups in total. The zero-order valence-corrected chi connectivity index (χ0v) is 8.98. The Morgan fingerprint density at radius 3 is 2.79 bits per heavy atom. The summed E-state index contributed by atoms with van der Waals surface area (Å²) in [6.45, 7) is 0. The third-order valence-corrected chi connectivity index (χ3v) is 2.21. The molecule has 0 bridgehead atoms. The van der Waals surface area contributed by atoms with Crippen molar-refractivity contribution in [2.45, 2.75) is 6.04 Å². The van der Waals surface area contributed by atoms with Crippen molar-refractivity contribution in [3.05, 3.63) is 22.4 Å². The van der Waals surface area contributed by atoms with E-state index in [0.29, 0.717) is 10.4 Å². The minimum Gasteiger partial charge on any atom is -0.494 e. The first-order valence-electron chi connectivity index (χ1n) is 3.75. The van der Waals surface area contributed by atoms with Gasteiger partial charge in [-0.1, -0.05) is 0 Å². The summed E-state index contributed by atoms with van der Waals surface area (Å²) in [6, 6.07) is 2.01. The van der Waals surface area contributed by atoms with Crippen molar-refractivity contribution < 1.29 is 14.6 Å². The van der Waals surface area contributed by atoms with Crippen molar-refractivity contribution in [2.75, 3.05) is 7.11 Å². The molecule has 5 nitrogen and oxygen atoms in total. The van der Waals surface area contributed by atoms with Crippen LogP contribution in [0.1, 0.15) is 11.7 Å². The van der Waals surface area contributed by atoms with E-state index < -0.39 is 12.0 Å². The summed E-state index contributed by atoms with van der Waals surface area (Å²) >= 11 is 3.14. The predicted molar refractivity (Wildman–Crippen MR) is 53.1 cm³/mol. The molecule has 14 heavy (non-hydrogen) atoms. The van der Waals surface area contributed by atoms with E-state index in [1.54, 1.807) is 6.07 Å². The van der Waals surface area contributed by atoms with Crippen LogP contribution in [0, 0.1) is 0 Å². The van der Waals surface area contributed by atoms with Crippen LogP contribution < -0.4 is 10.5 Å². The Morgan fingerprint density at radius 2 is 2.36 bits per heavy atom. The molecule has 1 heterocycles. The molecule has 0 spiro atoms. The van der Waals surface area contributed by atoms with Crippen molar-refractivity contribution >= 4 is 21.9 Å². The van der Waals surface area contributed by atoms with Crippen molar-refractivity contribution in [1.82, 2.24) is 4.98 Å². The minimum atomic E-state index is -1.12. The van der Waals surface area contributed by atoms with Crippen LogP contribution in [-0.2, 0) is 4.79 Å². The molecular weight excluding hydrogens is 252 g/mol. The van der Waals surface area contributed by atoms with E-state index in [1.807, 2.05) is 0 Å². The third-order valence-electron chi connectivity index (χ3n) is 1.64. The predicted octanol–water partition coefficient (Wildman–Crippen LogP) is 0.937. The number of carboxylic acids is 1. The Morgan fingerprint density at radius 1 is 1.71 bits per heavy atom. The van der Waals surface area contributed by atoms with Crippen LogP contribution in [0.25, 0.3) is 0 Å². The van der Waals surface area contributed by atoms with Crippen LogP contribution in [0.3, 0.4) is 0 Å². The second-order valence-corrected chi connectivity index (χ2v) is 3.30. The van der Waals surface area contributed by atoms with Crippen LogP contribution >= 0.6 is 15.9 Å². The molecule has 0 aromatic carbocycles. The molecular formula is C8H9BrN2O3. The van der Waals surface area contributed by atoms with Crippen LogP contribution in [-0.4, -0.2) is 23.2 Å². The number of halogens is 1. The molecule has 0 aliphatic rings. The number of hydrogen-bond donors (Lipinski definition) is 2. The van der Waals surface area contributed by atoms with E-state index >= 15 is 0 Å². The topological polar surface area (TPSA) is 85.4 Å². The number of hydrogen-bond acceptors (Lipinski definition) is 4. The molecule has 0 radical (unpaired) electrons. The number of carbonyl (C=O) groups is 1. The molecule has 76 valence electrons. The average molecular weight is 261 g/mol. The number of nitrogens with zero attached hydrogens (tertiary/aromatic N) is 1. The molecule has 0 amide bonds. The van der Waals surface area contributed by atoms with Crippen LogP contribution in [0.2, 0.25) is 0 Å². The van der Waals surface area contributed by atoms with Crippen LogP contribution in [0.4, 0.5) is 0 Å². The van der Waals surface area contributed by atoms with Gasteiger partial charge in [-0.3, -0.25) is 4.79 Å². The van der Waals surface area contributed by atoms with E-state index in [1.165, 1.54) is 13.2 Å². The van der Waals surface area contributed by atoms with Gasteiger partial charge < -0.3 is 15.6 Å². The van der Waals surface area contributed by atoms with Gasteiger partial charge in [0.05, 0.1) is 12.8 Å². The molecule has 0 saturated heterocycles. The lowest BCUT2D eigenvalue weighted by Crippen LogP contribution is -2.21. The van der Waals surface area contributed by atoms with Gasteiger partial charge in [0.2, 0.25) is 0 Å². The summed E-state index contributed by atoms with van der Waals surface area (Å²) < 4.78 is 5.38. The zero-order chi connectivity index (χ0) is 10.7. The zero-order valence-electron chi connectivity index (χ0n) is 7.40. The maximum Gasteiger partial charge on any atom is 0.326 e. The number of carboxylic acid groups (broad SMARTS) is 1. The normalized spacial score (nSPS) is 12.2. The van der Waals surface area contributed by atoms with Crippen molar-refractivity contribution in [3.63, 3.8) is 0 Å². The highest BCUT2D eigenvalue weighted by Gasteiger charge is 2.16. The second-order valence-electron chi connectivity index (χ2n) is 2.55. The van der Waals surface area contributed by atoms with Gasteiger partial charge in [0.25, 0.3) is 0 Å². The fourth-order valence-corrected chi connectivity index (χ4v) is 1.39. The first-order chi connectivity index (χ1) is 6.56. The highest BCUT2D eigenvalue weighted by molar-refractivity contribution is 9.10. The molecule has 6 heteroatoms. The Balaban J connectivity index is 3.02. The molecule has 1 atom stereocenters. The standard InChI is InChI=1S/C8H9BrN2O3/c1-14-5-3-2-4(11-7(5)9)6(10)8(12)13/h2-3,6H,10H2,1H3,(H,12,13)/t6-/m1/s1. The molecule has 0 unspecified atom stereocenters. The Kier molecular flexibility index (Phi) is 3.43. The molecule has 0 fully saturated rings. The van der Waals surface area contributed by atoms with Gasteiger partial charge in [0.15, 0.2) is 5.75 Å². The van der Waals surface area contributed by atoms with E-state index in [4.69, 9.17) is 15.6 Å². The van der Waals surface area contributed by atoms with Gasteiger partial charge in [-0.25, -0.2) is 4.98 Å². The second kappa shape index (κ2) is 4.39. The molecule has 0 aliphatic heterocycles. The number of aromatic nitrogens is 1. The smallest absolute Gasteiger partial charge is 0.326 e. The first-order valence-corrected chi connectivity index (χ1v) is 4.54. The number of nitrogens with two attached hydrogens (primary N) is 1. The van der Waals surface area contributed by atoms with Gasteiger partial charge in [-0.15, -0.1) is 0 Å². The molecule has 1 aromatic rings. The van der Waals surface area contributed by atoms with Gasteiger partial charge in [0, 0.05) is 0 Å². The van der Waals surface area contributed by atoms with Gasteiger partial charge >= 0.3 is 5.97 Å². The van der Waals surface area contributed by atoms with Crippen molar-refractivity contribution in [1.29, 1.82) is 0 Å². The molecule has 0 saturated carbocycles. The Hall–Kier alpha value is -1.14. The maximum absolute atomic E-state index is 10.6. The van der Waals surface area contributed by atoms with Gasteiger partial charge in [-0.05, 0) is 28.1 Å². The molecule has 1 aromatic heterocycles. The van der Waals surface area contributed by atoms with Gasteiger partial charge in [0.1, 0.15) is 10.6 Å². The summed E-state index contributed by atoms with van der Waals surface area (Å²) in [5.74, 6) is -0.582. The van der Waals surface area contributed by atoms with Crippen LogP contribution in [0.15, 0.2) is 16.7 Å². The van der Waals surface area contributed by atoms with E-state index in [2.05, 4.69) is 20.9 Å². The fourth-order valence-electron chi connectivity index (χ4n) is 0.888. The number of methoxy groups -OCH3 is 1. The first kappa shape index (κ1) is 10.9. The van der Waals surface area contributed by atoms with Gasteiger partial charge in [-0.2, -0.15) is 0 Å². The van der Waals surface area contributed by atoms with Crippen molar-refractivity contribution in [3.8, 4) is 5.75 Å². The quantitative estimate of drug-likeness (QED) is 0.791. The Bertz CT molecular complexity index is 356. The maximum atomic E-state index is 10.6. The van der Waals surface area contributed by atoms with Crippen molar-refractivity contribution in [2.24, 2.45) is 5.73 Å². The number of aliphatic carboxylic acids is 1. The van der Waals surface area contributed by atoms with E-state index in [-0.39, 0.29) is 5.69 Å². The number of pyridine rings is 1. The lowest BCUT2D eigenvalue weighted by molar-refractivity contribution is -0.138. The highest BCUT2D eigenvalue weighted by Crippen LogP contribution is 2.23. The summed E-state index contributed by atoms with van der Waals surface area (Å²) in [5, 5.41) is 8.64. The minimum absolute atomic E-state index is 0.283. The molecule has 1 rings (SSSR count). The SMILES string of the molecule is COc1ccc([C@@H](N)C(=O)O)nc1Br. The summed E-state index contributed by atoms with van der Waals surface area (Å²) in [4.78, 5) is 14.5. The van der Waals surface area contributed by atoms with E-state index in [0.717, 1.165) is 0 Å². The summed E-state index contributed by atoms with van der Waals surface area (Å²) in [6.07, 6.45) is 0. The highest BCUT2D eigenvalue weighted by atomic mass is 79.9. The van der Waals surface area contributed by atoms with Crippen LogP contribution in [0.5, 0.6) is 5.75 Å². The number of ether oxygens (including phenoxy) is 1. The summed E-state index contributed by atoms with van der Waals surface area (Å²) in [7, 11) is 1.50. The lowest BCUT2D eigenvalue weighted by atomic mass is 10.2. The lowest BCUT2D eigenvalue weighted by Gasteiger charge is -2.08. The monoisotopic (exact) mass is 260 g/mol. The Labute approximate surface area is 89.0 Å². The third kappa shape index (κ3) is 2.21. The van der Waals surface area contributed by atoms with E-state index in [9.17, 15) is 4.79 Å².